The number of carbonyl (C=O) groups excluding carboxylic acids is 2. The van der Waals surface area contributed by atoms with E-state index in [1.165, 1.54) is 4.90 Å². The van der Waals surface area contributed by atoms with E-state index >= 15 is 0 Å². The highest BCUT2D eigenvalue weighted by Gasteiger charge is 2.29. The molecule has 0 heterocycles. The van der Waals surface area contributed by atoms with Crippen LogP contribution in [0.25, 0.3) is 0 Å². The summed E-state index contributed by atoms with van der Waals surface area (Å²) in [7, 11) is -0.568. The fourth-order valence-electron chi connectivity index (χ4n) is 4.20. The lowest BCUT2D eigenvalue weighted by atomic mass is 10.1. The van der Waals surface area contributed by atoms with Gasteiger partial charge in [-0.3, -0.25) is 9.59 Å². The first-order valence-corrected chi connectivity index (χ1v) is 14.8. The molecule has 0 aliphatic carbocycles. The van der Waals surface area contributed by atoms with Crippen LogP contribution >= 0.6 is 0 Å². The van der Waals surface area contributed by atoms with Crippen molar-refractivity contribution in [2.75, 3.05) is 33.6 Å². The van der Waals surface area contributed by atoms with Gasteiger partial charge < -0.3 is 19.7 Å². The van der Waals surface area contributed by atoms with Gasteiger partial charge >= 0.3 is 0 Å². The van der Waals surface area contributed by atoms with Crippen molar-refractivity contribution in [3.05, 3.63) is 95.6 Å². The maximum atomic E-state index is 13.6. The zero-order chi connectivity index (χ0) is 29.1. The van der Waals surface area contributed by atoms with Gasteiger partial charge in [0.25, 0.3) is 0 Å². The summed E-state index contributed by atoms with van der Waals surface area (Å²) >= 11 is 0. The molecule has 40 heavy (non-hydrogen) atoms. The first-order valence-electron chi connectivity index (χ1n) is 12.9. The van der Waals surface area contributed by atoms with E-state index in [1.807, 2.05) is 66.7 Å². The van der Waals surface area contributed by atoms with E-state index in [-0.39, 0.29) is 25.5 Å². The van der Waals surface area contributed by atoms with E-state index in [2.05, 4.69) is 5.32 Å². The maximum absolute atomic E-state index is 13.6. The summed E-state index contributed by atoms with van der Waals surface area (Å²) in [5.74, 6) is 0.422. The molecule has 2 amide bonds. The van der Waals surface area contributed by atoms with Gasteiger partial charge in [0.15, 0.2) is 11.5 Å². The lowest BCUT2D eigenvalue weighted by Gasteiger charge is -2.31. The Kier molecular flexibility index (Phi) is 11.1. The minimum absolute atomic E-state index is 0.0521. The average molecular weight is 568 g/mol. The molecule has 0 aromatic heterocycles. The van der Waals surface area contributed by atoms with Gasteiger partial charge in [-0.1, -0.05) is 66.7 Å². The molecule has 1 unspecified atom stereocenters. The number of nitrogens with zero attached hydrogens (tertiary/aromatic N) is 2. The van der Waals surface area contributed by atoms with Gasteiger partial charge in [-0.05, 0) is 42.2 Å². The lowest BCUT2D eigenvalue weighted by Crippen LogP contribution is -2.51. The minimum atomic E-state index is -3.70. The van der Waals surface area contributed by atoms with E-state index in [0.717, 1.165) is 27.3 Å². The molecule has 214 valence electrons. The quantitative estimate of drug-likeness (QED) is 0.321. The van der Waals surface area contributed by atoms with Gasteiger partial charge in [0.05, 0.1) is 27.0 Å². The summed E-state index contributed by atoms with van der Waals surface area (Å²) in [4.78, 5) is 28.2. The summed E-state index contributed by atoms with van der Waals surface area (Å²) in [5.41, 5.74) is 2.54. The third-order valence-electron chi connectivity index (χ3n) is 6.51. The van der Waals surface area contributed by atoms with E-state index in [4.69, 9.17) is 9.47 Å². The third-order valence-corrected chi connectivity index (χ3v) is 7.70. The smallest absolute Gasteiger partial charge is 0.242 e. The van der Waals surface area contributed by atoms with Gasteiger partial charge in [-0.2, -0.15) is 4.31 Å². The summed E-state index contributed by atoms with van der Waals surface area (Å²) in [6.45, 7) is 1.82. The standard InChI is InChI=1S/C30H37N3O6S/c1-23(30(35)31-18-17-24-15-16-27(38-2)28(19-24)39-3)33(21-26-13-9-6-10-14-26)29(34)22-32(40(4,36)37)20-25-11-7-5-8-12-25/h5-16,19,23H,17-18,20-22H2,1-4H3,(H,31,35). The summed E-state index contributed by atoms with van der Waals surface area (Å²) in [6, 6.07) is 23.1. The fraction of sp³-hybridized carbons (Fsp3) is 0.333. The van der Waals surface area contributed by atoms with Crippen LogP contribution in [-0.2, 0) is 39.1 Å². The van der Waals surface area contributed by atoms with Gasteiger partial charge in [-0.15, -0.1) is 0 Å². The first kappa shape index (κ1) is 30.6. The van der Waals surface area contributed by atoms with Crippen LogP contribution in [0.5, 0.6) is 11.5 Å². The topological polar surface area (TPSA) is 105 Å². The largest absolute Gasteiger partial charge is 0.493 e. The van der Waals surface area contributed by atoms with Crippen LogP contribution in [0.4, 0.5) is 0 Å². The van der Waals surface area contributed by atoms with Crippen molar-refractivity contribution in [1.82, 2.24) is 14.5 Å². The number of hydrogen-bond acceptors (Lipinski definition) is 6. The molecule has 0 aliphatic rings. The number of carbonyl (C=O) groups is 2. The third kappa shape index (κ3) is 8.82. The van der Waals surface area contributed by atoms with Crippen molar-refractivity contribution in [1.29, 1.82) is 0 Å². The molecule has 3 aromatic rings. The van der Waals surface area contributed by atoms with Crippen molar-refractivity contribution in [2.24, 2.45) is 0 Å². The number of rotatable bonds is 14. The Hall–Kier alpha value is -3.89. The van der Waals surface area contributed by atoms with Crippen LogP contribution in [0.15, 0.2) is 78.9 Å². The molecule has 0 saturated carbocycles. The second kappa shape index (κ2) is 14.5. The van der Waals surface area contributed by atoms with Crippen molar-refractivity contribution >= 4 is 21.8 Å². The molecule has 0 radical (unpaired) electrons. The summed E-state index contributed by atoms with van der Waals surface area (Å²) < 4.78 is 36.9. The Bertz CT molecular complexity index is 1370. The first-order chi connectivity index (χ1) is 19.1. The Balaban J connectivity index is 1.73. The highest BCUT2D eigenvalue weighted by atomic mass is 32.2. The summed E-state index contributed by atoms with van der Waals surface area (Å²) in [6.07, 6.45) is 1.62. The van der Waals surface area contributed by atoms with Crippen molar-refractivity contribution in [2.45, 2.75) is 32.5 Å². The number of ether oxygens (including phenoxy) is 2. The van der Waals surface area contributed by atoms with E-state index in [0.29, 0.717) is 24.5 Å². The van der Waals surface area contributed by atoms with Crippen LogP contribution in [-0.4, -0.2) is 69.0 Å². The van der Waals surface area contributed by atoms with E-state index < -0.39 is 22.0 Å². The van der Waals surface area contributed by atoms with Gasteiger partial charge in [-0.25, -0.2) is 8.42 Å². The van der Waals surface area contributed by atoms with Crippen LogP contribution in [0.3, 0.4) is 0 Å². The minimum Gasteiger partial charge on any atom is -0.493 e. The predicted octanol–water partition coefficient (Wildman–Crippen LogP) is 3.24. The van der Waals surface area contributed by atoms with Gasteiger partial charge in [0.2, 0.25) is 21.8 Å². The number of hydrogen-bond donors (Lipinski definition) is 1. The average Bonchev–Trinajstić information content (AvgIpc) is 2.95. The molecule has 0 bridgehead atoms. The zero-order valence-corrected chi connectivity index (χ0v) is 24.2. The van der Waals surface area contributed by atoms with E-state index in [1.54, 1.807) is 33.3 Å². The van der Waals surface area contributed by atoms with Crippen molar-refractivity contribution in [3.8, 4) is 11.5 Å². The highest BCUT2D eigenvalue weighted by Crippen LogP contribution is 2.27. The molecule has 10 heteroatoms. The zero-order valence-electron chi connectivity index (χ0n) is 23.4. The summed E-state index contributed by atoms with van der Waals surface area (Å²) in [5, 5.41) is 2.90. The molecule has 1 N–H and O–H groups in total. The molecule has 3 aromatic carbocycles. The van der Waals surface area contributed by atoms with Crippen LogP contribution in [0.2, 0.25) is 0 Å². The molecule has 0 fully saturated rings. The Labute approximate surface area is 236 Å². The number of methoxy groups -OCH3 is 2. The lowest BCUT2D eigenvalue weighted by molar-refractivity contribution is -0.140. The number of sulfonamides is 1. The van der Waals surface area contributed by atoms with Crippen molar-refractivity contribution in [3.63, 3.8) is 0 Å². The molecule has 0 saturated heterocycles. The molecule has 1 atom stereocenters. The normalized spacial score (nSPS) is 12.0. The van der Waals surface area contributed by atoms with Crippen LogP contribution < -0.4 is 14.8 Å². The van der Waals surface area contributed by atoms with Crippen LogP contribution in [0, 0.1) is 0 Å². The van der Waals surface area contributed by atoms with E-state index in [9.17, 15) is 18.0 Å². The monoisotopic (exact) mass is 567 g/mol. The van der Waals surface area contributed by atoms with Crippen LogP contribution in [0.1, 0.15) is 23.6 Å². The second-order valence-electron chi connectivity index (χ2n) is 9.43. The Morgan fingerprint density at radius 3 is 1.95 bits per heavy atom. The second-order valence-corrected chi connectivity index (χ2v) is 11.4. The van der Waals surface area contributed by atoms with Crippen molar-refractivity contribution < 1.29 is 27.5 Å². The highest BCUT2D eigenvalue weighted by molar-refractivity contribution is 7.88. The predicted molar refractivity (Wildman–Crippen MR) is 154 cm³/mol. The molecular formula is C30H37N3O6S. The molecule has 0 aliphatic heterocycles. The molecule has 9 nitrogen and oxygen atoms in total. The molecule has 0 spiro atoms. The number of amides is 2. The molecular weight excluding hydrogens is 530 g/mol. The van der Waals surface area contributed by atoms with Gasteiger partial charge in [0.1, 0.15) is 6.04 Å². The number of nitrogens with one attached hydrogen (secondary N) is 1. The SMILES string of the molecule is COc1ccc(CCNC(=O)C(C)N(Cc2ccccc2)C(=O)CN(Cc2ccccc2)S(C)(=O)=O)cc1OC. The Morgan fingerprint density at radius 2 is 1.40 bits per heavy atom. The molecule has 3 rings (SSSR count). The maximum Gasteiger partial charge on any atom is 0.242 e. The fourth-order valence-corrected chi connectivity index (χ4v) is 4.92. The Morgan fingerprint density at radius 1 is 0.825 bits per heavy atom. The number of benzene rings is 3. The van der Waals surface area contributed by atoms with Gasteiger partial charge in [0, 0.05) is 19.6 Å².